The number of hydrogen-bond donors (Lipinski definition) is 2. The molecule has 0 bridgehead atoms. The Hall–Kier alpha value is -2.90. The van der Waals surface area contributed by atoms with Gasteiger partial charge in [-0.3, -0.25) is 4.79 Å². The van der Waals surface area contributed by atoms with Crippen LogP contribution in [-0.2, 0) is 0 Å². The Kier molecular flexibility index (Phi) is 6.85. The Morgan fingerprint density at radius 2 is 1.97 bits per heavy atom. The minimum absolute atomic E-state index is 0. The van der Waals surface area contributed by atoms with Crippen LogP contribution in [0.5, 0.6) is 5.75 Å². The van der Waals surface area contributed by atoms with E-state index in [2.05, 4.69) is 20.9 Å². The molecule has 1 aromatic heterocycles. The zero-order valence-corrected chi connectivity index (χ0v) is 17.0. The molecule has 0 saturated carbocycles. The summed E-state index contributed by atoms with van der Waals surface area (Å²) < 4.78 is 7.24. The van der Waals surface area contributed by atoms with E-state index in [4.69, 9.17) is 4.74 Å². The standard InChI is InChI=1S/C21H23N5O2.ClH/c1-28-20-8-3-2-7-18(20)15-5-4-6-16(13-15)23-21(27)19-14-26(25-24-19)17-9-11-22-12-10-17;/h2-8,13-14,17,22H,9-12H2,1H3,(H,23,27);1H. The number of methoxy groups -OCH3 is 1. The molecule has 8 heteroatoms. The minimum Gasteiger partial charge on any atom is -0.496 e. The fraction of sp³-hybridized carbons (Fsp3) is 0.286. The fourth-order valence-electron chi connectivity index (χ4n) is 3.47. The van der Waals surface area contributed by atoms with E-state index >= 15 is 0 Å². The maximum absolute atomic E-state index is 12.6. The third-order valence-corrected chi connectivity index (χ3v) is 4.96. The molecule has 2 aromatic carbocycles. The van der Waals surface area contributed by atoms with Crippen LogP contribution in [0.1, 0.15) is 29.4 Å². The van der Waals surface area contributed by atoms with Gasteiger partial charge in [0.2, 0.25) is 0 Å². The van der Waals surface area contributed by atoms with Gasteiger partial charge >= 0.3 is 0 Å². The average molecular weight is 414 g/mol. The molecule has 3 aromatic rings. The fourth-order valence-corrected chi connectivity index (χ4v) is 3.47. The highest BCUT2D eigenvalue weighted by atomic mass is 35.5. The minimum atomic E-state index is -0.266. The Bertz CT molecular complexity index is 969. The van der Waals surface area contributed by atoms with E-state index in [1.54, 1.807) is 18.0 Å². The molecule has 4 rings (SSSR count). The smallest absolute Gasteiger partial charge is 0.277 e. The molecule has 2 heterocycles. The van der Waals surface area contributed by atoms with Gasteiger partial charge < -0.3 is 15.4 Å². The van der Waals surface area contributed by atoms with Gasteiger partial charge in [-0.15, -0.1) is 17.5 Å². The molecule has 1 aliphatic rings. The monoisotopic (exact) mass is 413 g/mol. The van der Waals surface area contributed by atoms with E-state index in [1.807, 2.05) is 48.5 Å². The predicted octanol–water partition coefficient (Wildman–Crippen LogP) is 3.55. The summed E-state index contributed by atoms with van der Waals surface area (Å²) in [4.78, 5) is 12.6. The van der Waals surface area contributed by atoms with Crippen molar-refractivity contribution in [2.75, 3.05) is 25.5 Å². The summed E-state index contributed by atoms with van der Waals surface area (Å²) in [6.45, 7) is 1.92. The third kappa shape index (κ3) is 4.75. The molecule has 0 aliphatic carbocycles. The highest BCUT2D eigenvalue weighted by Gasteiger charge is 2.19. The summed E-state index contributed by atoms with van der Waals surface area (Å²) in [7, 11) is 1.65. The number of anilines is 1. The molecule has 1 saturated heterocycles. The molecule has 0 radical (unpaired) electrons. The van der Waals surface area contributed by atoms with Crippen LogP contribution in [0.15, 0.2) is 54.7 Å². The number of carbonyl (C=O) groups is 1. The van der Waals surface area contributed by atoms with Crippen molar-refractivity contribution in [2.45, 2.75) is 18.9 Å². The predicted molar refractivity (Wildman–Crippen MR) is 115 cm³/mol. The van der Waals surface area contributed by atoms with Crippen LogP contribution in [0.25, 0.3) is 11.1 Å². The number of amides is 1. The number of nitrogens with one attached hydrogen (secondary N) is 2. The molecule has 0 unspecified atom stereocenters. The molecule has 0 atom stereocenters. The van der Waals surface area contributed by atoms with Gasteiger partial charge in [-0.2, -0.15) is 0 Å². The molecule has 0 spiro atoms. The number of nitrogens with zero attached hydrogens (tertiary/aromatic N) is 3. The largest absolute Gasteiger partial charge is 0.496 e. The second kappa shape index (κ2) is 9.54. The van der Waals surface area contributed by atoms with Crippen LogP contribution in [0.2, 0.25) is 0 Å². The molecule has 1 aliphatic heterocycles. The van der Waals surface area contributed by atoms with Crippen LogP contribution in [-0.4, -0.2) is 41.1 Å². The molecule has 152 valence electrons. The summed E-state index contributed by atoms with van der Waals surface area (Å²) >= 11 is 0. The highest BCUT2D eigenvalue weighted by Crippen LogP contribution is 2.31. The maximum Gasteiger partial charge on any atom is 0.277 e. The summed E-state index contributed by atoms with van der Waals surface area (Å²) in [6, 6.07) is 15.8. The quantitative estimate of drug-likeness (QED) is 0.668. The lowest BCUT2D eigenvalue weighted by Crippen LogP contribution is -2.29. The first-order valence-corrected chi connectivity index (χ1v) is 9.42. The summed E-state index contributed by atoms with van der Waals surface area (Å²) in [6.07, 6.45) is 3.71. The van der Waals surface area contributed by atoms with Crippen molar-refractivity contribution in [1.29, 1.82) is 0 Å². The lowest BCUT2D eigenvalue weighted by molar-refractivity contribution is 0.102. The Labute approximate surface area is 175 Å². The van der Waals surface area contributed by atoms with E-state index < -0.39 is 0 Å². The normalized spacial score (nSPS) is 14.1. The zero-order valence-electron chi connectivity index (χ0n) is 16.2. The number of ether oxygens (including phenoxy) is 1. The van der Waals surface area contributed by atoms with Crippen molar-refractivity contribution >= 4 is 24.0 Å². The SMILES string of the molecule is COc1ccccc1-c1cccc(NC(=O)c2cn(C3CCNCC3)nn2)c1.Cl. The van der Waals surface area contributed by atoms with Gasteiger partial charge in [-0.1, -0.05) is 35.5 Å². The van der Waals surface area contributed by atoms with Crippen molar-refractivity contribution in [1.82, 2.24) is 20.3 Å². The number of para-hydroxylation sites is 1. The van der Waals surface area contributed by atoms with Crippen LogP contribution in [0.4, 0.5) is 5.69 Å². The summed E-state index contributed by atoms with van der Waals surface area (Å²) in [5, 5.41) is 14.4. The number of aromatic nitrogens is 3. The first-order valence-electron chi connectivity index (χ1n) is 9.42. The van der Waals surface area contributed by atoms with Crippen LogP contribution in [0.3, 0.4) is 0 Å². The topological polar surface area (TPSA) is 81.1 Å². The van der Waals surface area contributed by atoms with E-state index in [1.165, 1.54) is 0 Å². The van der Waals surface area contributed by atoms with E-state index in [-0.39, 0.29) is 18.3 Å². The third-order valence-electron chi connectivity index (χ3n) is 4.96. The number of halogens is 1. The maximum atomic E-state index is 12.6. The lowest BCUT2D eigenvalue weighted by Gasteiger charge is -2.22. The van der Waals surface area contributed by atoms with Gasteiger partial charge in [0.1, 0.15) is 5.75 Å². The second-order valence-electron chi connectivity index (χ2n) is 6.80. The molecule has 7 nitrogen and oxygen atoms in total. The van der Waals surface area contributed by atoms with Crippen LogP contribution in [0, 0.1) is 0 Å². The number of hydrogen-bond acceptors (Lipinski definition) is 5. The first-order chi connectivity index (χ1) is 13.7. The van der Waals surface area contributed by atoms with Crippen molar-refractivity contribution in [3.05, 3.63) is 60.4 Å². The Morgan fingerprint density at radius 1 is 1.17 bits per heavy atom. The zero-order chi connectivity index (χ0) is 19.3. The van der Waals surface area contributed by atoms with E-state index in [9.17, 15) is 4.79 Å². The lowest BCUT2D eigenvalue weighted by atomic mass is 10.0. The van der Waals surface area contributed by atoms with Crippen molar-refractivity contribution < 1.29 is 9.53 Å². The molecule has 29 heavy (non-hydrogen) atoms. The Balaban J connectivity index is 0.00000240. The van der Waals surface area contributed by atoms with Gasteiger partial charge in [-0.25, -0.2) is 4.68 Å². The number of rotatable bonds is 5. The second-order valence-corrected chi connectivity index (χ2v) is 6.80. The number of benzene rings is 2. The summed E-state index contributed by atoms with van der Waals surface area (Å²) in [5.41, 5.74) is 2.96. The van der Waals surface area contributed by atoms with Crippen LogP contribution >= 0.6 is 12.4 Å². The first kappa shape index (κ1) is 20.8. The van der Waals surface area contributed by atoms with Crippen molar-refractivity contribution in [3.63, 3.8) is 0 Å². The van der Waals surface area contributed by atoms with Gasteiger partial charge in [0, 0.05) is 11.3 Å². The molecular formula is C21H24ClN5O2. The van der Waals surface area contributed by atoms with Gasteiger partial charge in [0.25, 0.3) is 5.91 Å². The summed E-state index contributed by atoms with van der Waals surface area (Å²) in [5.74, 6) is 0.522. The average Bonchev–Trinajstić information content (AvgIpc) is 3.25. The van der Waals surface area contributed by atoms with Gasteiger partial charge in [0.05, 0.1) is 19.3 Å². The number of piperidine rings is 1. The van der Waals surface area contributed by atoms with E-state index in [0.29, 0.717) is 17.4 Å². The molecule has 1 amide bonds. The van der Waals surface area contributed by atoms with Gasteiger partial charge in [0.15, 0.2) is 5.69 Å². The molecular weight excluding hydrogens is 390 g/mol. The Morgan fingerprint density at radius 3 is 2.76 bits per heavy atom. The van der Waals surface area contributed by atoms with Gasteiger partial charge in [-0.05, 0) is 49.7 Å². The van der Waals surface area contributed by atoms with Crippen molar-refractivity contribution in [3.8, 4) is 16.9 Å². The van der Waals surface area contributed by atoms with Crippen molar-refractivity contribution in [2.24, 2.45) is 0 Å². The van der Waals surface area contributed by atoms with E-state index in [0.717, 1.165) is 42.8 Å². The molecule has 2 N–H and O–H groups in total. The number of carbonyl (C=O) groups excluding carboxylic acids is 1. The highest BCUT2D eigenvalue weighted by molar-refractivity contribution is 6.02. The van der Waals surface area contributed by atoms with Crippen LogP contribution < -0.4 is 15.4 Å². The molecule has 1 fully saturated rings.